The number of anilines is 1. The molecule has 26 heavy (non-hydrogen) atoms. The molecule has 0 radical (unpaired) electrons. The summed E-state index contributed by atoms with van der Waals surface area (Å²) in [7, 11) is 3.26. The summed E-state index contributed by atoms with van der Waals surface area (Å²) in [5.74, 6) is 1.01. The maximum Gasteiger partial charge on any atom is 0.314 e. The average Bonchev–Trinajstić information content (AvgIpc) is 3.12. The number of carbonyl (C=O) groups is 2. The predicted octanol–water partition coefficient (Wildman–Crippen LogP) is 1.69. The number of amides is 2. The fourth-order valence-corrected chi connectivity index (χ4v) is 2.95. The van der Waals surface area contributed by atoms with Crippen LogP contribution in [0.25, 0.3) is 0 Å². The van der Waals surface area contributed by atoms with E-state index in [2.05, 4.69) is 15.5 Å². The second kappa shape index (κ2) is 9.74. The Morgan fingerprint density at radius 3 is 2.50 bits per heavy atom. The van der Waals surface area contributed by atoms with Crippen LogP contribution in [-0.2, 0) is 4.79 Å². The molecule has 2 amide bonds. The summed E-state index contributed by atoms with van der Waals surface area (Å²) in [6.07, 6.45) is 1.47. The number of benzene rings is 1. The van der Waals surface area contributed by atoms with Crippen LogP contribution >= 0.6 is 0 Å². The lowest BCUT2D eigenvalue weighted by atomic mass is 10.1. The lowest BCUT2D eigenvalue weighted by Crippen LogP contribution is -2.39. The molecule has 1 atom stereocenters. The Morgan fingerprint density at radius 2 is 1.88 bits per heavy atom. The summed E-state index contributed by atoms with van der Waals surface area (Å²) in [6.45, 7) is 2.69. The van der Waals surface area contributed by atoms with Gasteiger partial charge < -0.3 is 30.1 Å². The van der Waals surface area contributed by atoms with E-state index in [-0.39, 0.29) is 12.5 Å². The second-order valence-electron chi connectivity index (χ2n) is 6.31. The Kier molecular flexibility index (Phi) is 7.37. The predicted molar refractivity (Wildman–Crippen MR) is 98.1 cm³/mol. The number of carboxylic acids is 1. The molecule has 0 saturated carbocycles. The van der Waals surface area contributed by atoms with E-state index in [1.54, 1.807) is 14.2 Å². The molecular weight excluding hydrogens is 338 g/mol. The highest BCUT2D eigenvalue weighted by Gasteiger charge is 2.24. The zero-order valence-corrected chi connectivity index (χ0v) is 15.3. The minimum Gasteiger partial charge on any atom is -0.497 e. The van der Waals surface area contributed by atoms with Crippen LogP contribution in [0.5, 0.6) is 11.5 Å². The first kappa shape index (κ1) is 19.7. The van der Waals surface area contributed by atoms with Gasteiger partial charge in [0.25, 0.3) is 0 Å². The largest absolute Gasteiger partial charge is 0.497 e. The first-order valence-corrected chi connectivity index (χ1v) is 8.73. The number of methoxy groups -OCH3 is 2. The monoisotopic (exact) mass is 365 g/mol. The molecule has 1 fully saturated rings. The van der Waals surface area contributed by atoms with E-state index in [1.807, 2.05) is 18.2 Å². The third-order valence-corrected chi connectivity index (χ3v) is 4.39. The Labute approximate surface area is 153 Å². The summed E-state index contributed by atoms with van der Waals surface area (Å²) in [5.41, 5.74) is 1.04. The Balaban J connectivity index is 1.76. The van der Waals surface area contributed by atoms with Crippen LogP contribution in [0.1, 0.15) is 19.3 Å². The third kappa shape index (κ3) is 6.02. The molecule has 0 aromatic heterocycles. The van der Waals surface area contributed by atoms with E-state index < -0.39 is 5.97 Å². The topological polar surface area (TPSA) is 100 Å². The highest BCUT2D eigenvalue weighted by Crippen LogP contribution is 2.31. The maximum absolute atomic E-state index is 11.7. The second-order valence-corrected chi connectivity index (χ2v) is 6.31. The first-order valence-electron chi connectivity index (χ1n) is 8.73. The van der Waals surface area contributed by atoms with Crippen molar-refractivity contribution in [2.24, 2.45) is 5.92 Å². The molecule has 8 heteroatoms. The van der Waals surface area contributed by atoms with Crippen LogP contribution in [0, 0.1) is 5.92 Å². The average molecular weight is 365 g/mol. The van der Waals surface area contributed by atoms with Gasteiger partial charge in [-0.05, 0) is 18.8 Å². The van der Waals surface area contributed by atoms with E-state index in [0.29, 0.717) is 25.4 Å². The van der Waals surface area contributed by atoms with Gasteiger partial charge in [0, 0.05) is 56.5 Å². The van der Waals surface area contributed by atoms with Gasteiger partial charge in [-0.25, -0.2) is 4.79 Å². The van der Waals surface area contributed by atoms with Crippen molar-refractivity contribution in [3.05, 3.63) is 18.2 Å². The van der Waals surface area contributed by atoms with E-state index in [9.17, 15) is 9.59 Å². The van der Waals surface area contributed by atoms with Crippen molar-refractivity contribution < 1.29 is 24.2 Å². The van der Waals surface area contributed by atoms with Gasteiger partial charge in [-0.15, -0.1) is 0 Å². The minimum atomic E-state index is -0.854. The number of carboxylic acid groups (broad SMARTS) is 1. The number of aliphatic carboxylic acids is 1. The number of nitrogens with zero attached hydrogens (tertiary/aromatic N) is 1. The Morgan fingerprint density at radius 1 is 1.19 bits per heavy atom. The molecule has 1 heterocycles. The molecule has 2 rings (SSSR count). The van der Waals surface area contributed by atoms with E-state index >= 15 is 0 Å². The number of carbonyl (C=O) groups excluding carboxylic acids is 1. The first-order chi connectivity index (χ1) is 12.5. The molecule has 0 spiro atoms. The number of hydrogen-bond acceptors (Lipinski definition) is 5. The highest BCUT2D eigenvalue weighted by molar-refractivity contribution is 5.74. The Hall–Kier alpha value is -2.64. The number of ether oxygens (including phenoxy) is 2. The van der Waals surface area contributed by atoms with E-state index in [4.69, 9.17) is 14.6 Å². The van der Waals surface area contributed by atoms with Crippen molar-refractivity contribution >= 4 is 17.7 Å². The normalized spacial score (nSPS) is 16.2. The molecule has 3 N–H and O–H groups in total. The van der Waals surface area contributed by atoms with Crippen molar-refractivity contribution in [2.75, 3.05) is 45.3 Å². The number of nitrogens with one attached hydrogen (secondary N) is 2. The molecule has 1 unspecified atom stereocenters. The van der Waals surface area contributed by atoms with E-state index in [0.717, 1.165) is 36.7 Å². The summed E-state index contributed by atoms with van der Waals surface area (Å²) in [4.78, 5) is 24.4. The molecule has 144 valence electrons. The molecule has 1 saturated heterocycles. The lowest BCUT2D eigenvalue weighted by molar-refractivity contribution is -0.137. The summed E-state index contributed by atoms with van der Waals surface area (Å²) < 4.78 is 10.6. The highest BCUT2D eigenvalue weighted by atomic mass is 16.5. The zero-order chi connectivity index (χ0) is 18.9. The molecule has 1 aromatic rings. The van der Waals surface area contributed by atoms with Crippen molar-refractivity contribution in [3.63, 3.8) is 0 Å². The molecule has 1 aliphatic rings. The van der Waals surface area contributed by atoms with Crippen LogP contribution in [0.2, 0.25) is 0 Å². The van der Waals surface area contributed by atoms with Crippen LogP contribution in [0.15, 0.2) is 18.2 Å². The summed E-state index contributed by atoms with van der Waals surface area (Å²) >= 11 is 0. The van der Waals surface area contributed by atoms with Gasteiger partial charge in [0.05, 0.1) is 14.2 Å². The van der Waals surface area contributed by atoms with Crippen LogP contribution < -0.4 is 25.0 Å². The van der Waals surface area contributed by atoms with Gasteiger partial charge in [-0.2, -0.15) is 0 Å². The third-order valence-electron chi connectivity index (χ3n) is 4.39. The molecule has 1 aliphatic heterocycles. The molecular formula is C18H27N3O5. The van der Waals surface area contributed by atoms with Crippen LogP contribution in [-0.4, -0.2) is 57.5 Å². The zero-order valence-electron chi connectivity index (χ0n) is 15.3. The quantitative estimate of drug-likeness (QED) is 0.576. The molecule has 1 aromatic carbocycles. The smallest absolute Gasteiger partial charge is 0.314 e. The van der Waals surface area contributed by atoms with Gasteiger partial charge in [0.2, 0.25) is 0 Å². The molecule has 8 nitrogen and oxygen atoms in total. The van der Waals surface area contributed by atoms with Gasteiger partial charge in [0.1, 0.15) is 11.5 Å². The van der Waals surface area contributed by atoms with Crippen molar-refractivity contribution in [2.45, 2.75) is 19.3 Å². The van der Waals surface area contributed by atoms with Gasteiger partial charge in [-0.1, -0.05) is 0 Å². The minimum absolute atomic E-state index is 0.0574. The fourth-order valence-electron chi connectivity index (χ4n) is 2.95. The van der Waals surface area contributed by atoms with Crippen LogP contribution in [0.4, 0.5) is 10.5 Å². The van der Waals surface area contributed by atoms with Crippen molar-refractivity contribution in [1.82, 2.24) is 10.6 Å². The van der Waals surface area contributed by atoms with Gasteiger partial charge in [0.15, 0.2) is 0 Å². The summed E-state index contributed by atoms with van der Waals surface area (Å²) in [6, 6.07) is 5.55. The standard InChI is InChI=1S/C18H27N3O5/c1-25-15-8-14(9-16(10-15)26-2)21-7-5-13(12-21)11-20-18(24)19-6-3-4-17(22)23/h8-10,13H,3-7,11-12H2,1-2H3,(H,22,23)(H2,19,20,24). The number of hydrogen-bond donors (Lipinski definition) is 3. The SMILES string of the molecule is COc1cc(OC)cc(N2CCC(CNC(=O)NCCCC(=O)O)C2)c1. The Bertz CT molecular complexity index is 601. The van der Waals surface area contributed by atoms with Gasteiger partial charge >= 0.3 is 12.0 Å². The molecule has 0 aliphatic carbocycles. The number of urea groups is 1. The lowest BCUT2D eigenvalue weighted by Gasteiger charge is -2.20. The number of rotatable bonds is 9. The van der Waals surface area contributed by atoms with E-state index in [1.165, 1.54) is 0 Å². The fraction of sp³-hybridized carbons (Fsp3) is 0.556. The van der Waals surface area contributed by atoms with Crippen molar-refractivity contribution in [1.29, 1.82) is 0 Å². The summed E-state index contributed by atoms with van der Waals surface area (Å²) in [5, 5.41) is 14.1. The molecule has 0 bridgehead atoms. The van der Waals surface area contributed by atoms with Gasteiger partial charge in [-0.3, -0.25) is 4.79 Å². The van der Waals surface area contributed by atoms with Crippen molar-refractivity contribution in [3.8, 4) is 11.5 Å². The maximum atomic E-state index is 11.7. The van der Waals surface area contributed by atoms with Crippen LogP contribution in [0.3, 0.4) is 0 Å².